The Morgan fingerprint density at radius 1 is 1.05 bits per heavy atom. The Morgan fingerprint density at radius 2 is 1.68 bits per heavy atom. The standard InChI is InChI=1S/C15H15Cl2NO/c1-10-2-5-13(17)8-14(10)18-9-15(19)11-3-6-12(16)7-4-11/h2-8,15,18-19H,9H2,1H3. The summed E-state index contributed by atoms with van der Waals surface area (Å²) in [5.41, 5.74) is 2.85. The lowest BCUT2D eigenvalue weighted by Gasteiger charge is -2.15. The van der Waals surface area contributed by atoms with Gasteiger partial charge in [-0.25, -0.2) is 0 Å². The van der Waals surface area contributed by atoms with E-state index in [1.807, 2.05) is 37.3 Å². The van der Waals surface area contributed by atoms with Crippen LogP contribution in [0.25, 0.3) is 0 Å². The molecule has 0 aliphatic rings. The average molecular weight is 296 g/mol. The van der Waals surface area contributed by atoms with Gasteiger partial charge in [-0.3, -0.25) is 0 Å². The molecule has 1 unspecified atom stereocenters. The van der Waals surface area contributed by atoms with E-state index in [9.17, 15) is 5.11 Å². The second kappa shape index (κ2) is 6.29. The quantitative estimate of drug-likeness (QED) is 0.873. The van der Waals surface area contributed by atoms with Gasteiger partial charge < -0.3 is 10.4 Å². The Kier molecular flexibility index (Phi) is 4.70. The number of rotatable bonds is 4. The van der Waals surface area contributed by atoms with Crippen LogP contribution < -0.4 is 5.32 Å². The highest BCUT2D eigenvalue weighted by Crippen LogP contribution is 2.22. The molecule has 19 heavy (non-hydrogen) atoms. The zero-order valence-corrected chi connectivity index (χ0v) is 12.0. The molecule has 100 valence electrons. The van der Waals surface area contributed by atoms with Crippen molar-refractivity contribution in [2.45, 2.75) is 13.0 Å². The van der Waals surface area contributed by atoms with Crippen LogP contribution in [-0.2, 0) is 0 Å². The van der Waals surface area contributed by atoms with Gasteiger partial charge in [0.2, 0.25) is 0 Å². The highest BCUT2D eigenvalue weighted by Gasteiger charge is 2.08. The van der Waals surface area contributed by atoms with Gasteiger partial charge in [-0.1, -0.05) is 41.4 Å². The van der Waals surface area contributed by atoms with Crippen LogP contribution in [0.2, 0.25) is 10.0 Å². The van der Waals surface area contributed by atoms with Gasteiger partial charge in [0.05, 0.1) is 6.10 Å². The molecule has 2 aromatic carbocycles. The van der Waals surface area contributed by atoms with E-state index in [0.29, 0.717) is 16.6 Å². The number of aryl methyl sites for hydroxylation is 1. The van der Waals surface area contributed by atoms with E-state index in [-0.39, 0.29) is 0 Å². The predicted octanol–water partition coefficient (Wildman–Crippen LogP) is 4.45. The van der Waals surface area contributed by atoms with Gasteiger partial charge in [-0.2, -0.15) is 0 Å². The van der Waals surface area contributed by atoms with Crippen LogP contribution in [0.15, 0.2) is 42.5 Å². The zero-order chi connectivity index (χ0) is 13.8. The molecule has 2 N–H and O–H groups in total. The Labute approximate surface area is 123 Å². The summed E-state index contributed by atoms with van der Waals surface area (Å²) in [5, 5.41) is 14.6. The van der Waals surface area contributed by atoms with Crippen molar-refractivity contribution in [1.82, 2.24) is 0 Å². The van der Waals surface area contributed by atoms with E-state index in [0.717, 1.165) is 16.8 Å². The third-order valence-corrected chi connectivity index (χ3v) is 3.43. The Bertz CT molecular complexity index is 555. The number of anilines is 1. The normalized spacial score (nSPS) is 12.2. The first-order chi connectivity index (χ1) is 9.06. The summed E-state index contributed by atoms with van der Waals surface area (Å²) >= 11 is 11.8. The molecular formula is C15H15Cl2NO. The number of hydrogen-bond acceptors (Lipinski definition) is 2. The van der Waals surface area contributed by atoms with Crippen LogP contribution in [0.1, 0.15) is 17.2 Å². The molecule has 4 heteroatoms. The van der Waals surface area contributed by atoms with Gasteiger partial charge in [-0.05, 0) is 42.3 Å². The summed E-state index contributed by atoms with van der Waals surface area (Å²) in [4.78, 5) is 0. The van der Waals surface area contributed by atoms with Gasteiger partial charge in [0.1, 0.15) is 0 Å². The van der Waals surface area contributed by atoms with Crippen LogP contribution in [0, 0.1) is 6.92 Å². The van der Waals surface area contributed by atoms with Crippen molar-refractivity contribution in [2.24, 2.45) is 0 Å². The van der Waals surface area contributed by atoms with Gasteiger partial charge in [-0.15, -0.1) is 0 Å². The van der Waals surface area contributed by atoms with Crippen molar-refractivity contribution in [1.29, 1.82) is 0 Å². The molecule has 0 radical (unpaired) electrons. The van der Waals surface area contributed by atoms with Crippen molar-refractivity contribution in [3.63, 3.8) is 0 Å². The number of halogens is 2. The van der Waals surface area contributed by atoms with Gasteiger partial charge in [0.25, 0.3) is 0 Å². The molecule has 0 amide bonds. The SMILES string of the molecule is Cc1ccc(Cl)cc1NCC(O)c1ccc(Cl)cc1. The number of aliphatic hydroxyl groups excluding tert-OH is 1. The highest BCUT2D eigenvalue weighted by atomic mass is 35.5. The molecule has 2 aromatic rings. The van der Waals surface area contributed by atoms with E-state index in [4.69, 9.17) is 23.2 Å². The molecule has 0 saturated heterocycles. The number of hydrogen-bond donors (Lipinski definition) is 2. The van der Waals surface area contributed by atoms with E-state index in [2.05, 4.69) is 5.32 Å². The molecule has 0 aliphatic carbocycles. The summed E-state index contributed by atoms with van der Waals surface area (Å²) < 4.78 is 0. The topological polar surface area (TPSA) is 32.3 Å². The molecule has 2 nitrogen and oxygen atoms in total. The maximum atomic E-state index is 10.1. The Balaban J connectivity index is 2.02. The third-order valence-electron chi connectivity index (χ3n) is 2.94. The summed E-state index contributed by atoms with van der Waals surface area (Å²) in [6.07, 6.45) is -0.587. The number of benzene rings is 2. The third kappa shape index (κ3) is 3.87. The fourth-order valence-electron chi connectivity index (χ4n) is 1.79. The van der Waals surface area contributed by atoms with E-state index in [1.54, 1.807) is 12.1 Å². The predicted molar refractivity (Wildman–Crippen MR) is 81.1 cm³/mol. The van der Waals surface area contributed by atoms with Crippen LogP contribution in [-0.4, -0.2) is 11.7 Å². The molecule has 0 fully saturated rings. The van der Waals surface area contributed by atoms with Crippen LogP contribution >= 0.6 is 23.2 Å². The molecule has 0 heterocycles. The first kappa shape index (κ1) is 14.2. The molecule has 0 spiro atoms. The van der Waals surface area contributed by atoms with Crippen molar-refractivity contribution in [2.75, 3.05) is 11.9 Å². The Morgan fingerprint density at radius 3 is 2.37 bits per heavy atom. The van der Waals surface area contributed by atoms with Crippen molar-refractivity contribution >= 4 is 28.9 Å². The van der Waals surface area contributed by atoms with E-state index in [1.165, 1.54) is 0 Å². The first-order valence-electron chi connectivity index (χ1n) is 6.00. The summed E-state index contributed by atoms with van der Waals surface area (Å²) in [7, 11) is 0. The maximum absolute atomic E-state index is 10.1. The molecule has 0 bridgehead atoms. The van der Waals surface area contributed by atoms with Crippen molar-refractivity contribution in [3.8, 4) is 0 Å². The second-order valence-electron chi connectivity index (χ2n) is 4.41. The maximum Gasteiger partial charge on any atom is 0.0962 e. The van der Waals surface area contributed by atoms with E-state index < -0.39 is 6.10 Å². The zero-order valence-electron chi connectivity index (χ0n) is 10.5. The molecule has 0 saturated carbocycles. The minimum atomic E-state index is -0.587. The average Bonchev–Trinajstić information content (AvgIpc) is 2.40. The fraction of sp³-hybridized carbons (Fsp3) is 0.200. The minimum Gasteiger partial charge on any atom is -0.387 e. The largest absolute Gasteiger partial charge is 0.387 e. The summed E-state index contributed by atoms with van der Waals surface area (Å²) in [6, 6.07) is 12.8. The van der Waals surface area contributed by atoms with Crippen LogP contribution in [0.5, 0.6) is 0 Å². The minimum absolute atomic E-state index is 0.419. The Hall–Kier alpha value is -1.22. The lowest BCUT2D eigenvalue weighted by Crippen LogP contribution is -2.12. The van der Waals surface area contributed by atoms with Crippen LogP contribution in [0.4, 0.5) is 5.69 Å². The molecule has 0 aromatic heterocycles. The molecular weight excluding hydrogens is 281 g/mol. The summed E-state index contributed by atoms with van der Waals surface area (Å²) in [6.45, 7) is 2.41. The first-order valence-corrected chi connectivity index (χ1v) is 6.75. The molecule has 1 atom stereocenters. The number of nitrogens with one attached hydrogen (secondary N) is 1. The number of aliphatic hydroxyl groups is 1. The lowest BCUT2D eigenvalue weighted by atomic mass is 10.1. The van der Waals surface area contributed by atoms with Crippen molar-refractivity contribution < 1.29 is 5.11 Å². The monoisotopic (exact) mass is 295 g/mol. The van der Waals surface area contributed by atoms with Crippen LogP contribution in [0.3, 0.4) is 0 Å². The van der Waals surface area contributed by atoms with Gasteiger partial charge in [0, 0.05) is 22.3 Å². The van der Waals surface area contributed by atoms with Gasteiger partial charge in [0.15, 0.2) is 0 Å². The smallest absolute Gasteiger partial charge is 0.0962 e. The fourth-order valence-corrected chi connectivity index (χ4v) is 2.09. The molecule has 2 rings (SSSR count). The van der Waals surface area contributed by atoms with Crippen molar-refractivity contribution in [3.05, 3.63) is 63.6 Å². The highest BCUT2D eigenvalue weighted by molar-refractivity contribution is 6.31. The molecule has 0 aliphatic heterocycles. The lowest BCUT2D eigenvalue weighted by molar-refractivity contribution is 0.191. The second-order valence-corrected chi connectivity index (χ2v) is 5.28. The summed E-state index contributed by atoms with van der Waals surface area (Å²) in [5.74, 6) is 0. The van der Waals surface area contributed by atoms with E-state index >= 15 is 0 Å². The van der Waals surface area contributed by atoms with Gasteiger partial charge >= 0.3 is 0 Å².